The molecule has 118 valence electrons. The summed E-state index contributed by atoms with van der Waals surface area (Å²) in [4.78, 5) is 25.6. The molecule has 0 aromatic carbocycles. The first-order chi connectivity index (χ1) is 9.47. The van der Waals surface area contributed by atoms with Crippen LogP contribution in [0.25, 0.3) is 0 Å². The van der Waals surface area contributed by atoms with Gasteiger partial charge in [-0.15, -0.1) is 0 Å². The number of carbonyl (C=O) groups is 2. The second-order valence-corrected chi connectivity index (χ2v) is 5.05. The summed E-state index contributed by atoms with van der Waals surface area (Å²) < 4.78 is 4.90. The highest BCUT2D eigenvalue weighted by molar-refractivity contribution is 5.87. The Kier molecular flexibility index (Phi) is 9.16. The summed E-state index contributed by atoms with van der Waals surface area (Å²) in [5, 5.41) is 2.76. The summed E-state index contributed by atoms with van der Waals surface area (Å²) in [6, 6.07) is 0. The van der Waals surface area contributed by atoms with Crippen LogP contribution in [0.3, 0.4) is 0 Å². The number of nitrogens with zero attached hydrogens (tertiary/aromatic N) is 1. The maximum absolute atomic E-state index is 12.4. The number of amides is 2. The average molecular weight is 287 g/mol. The summed E-state index contributed by atoms with van der Waals surface area (Å²) in [7, 11) is 3.27. The number of methoxy groups -OCH3 is 1. The molecule has 0 saturated carbocycles. The molecule has 2 amide bonds. The molecule has 0 unspecified atom stereocenters. The lowest BCUT2D eigenvalue weighted by Crippen LogP contribution is -2.49. The number of likely N-dealkylation sites (N-methyl/N-ethyl adjacent to an activating group) is 1. The molecule has 0 spiro atoms. The quantitative estimate of drug-likeness (QED) is 0.568. The minimum absolute atomic E-state index is 0.0583. The summed E-state index contributed by atoms with van der Waals surface area (Å²) in [5.74, 6) is -0.216. The predicted octanol–water partition coefficient (Wildman–Crippen LogP) is 0.363. The van der Waals surface area contributed by atoms with Crippen molar-refractivity contribution in [2.45, 2.75) is 33.1 Å². The lowest BCUT2D eigenvalue weighted by molar-refractivity contribution is -0.143. The van der Waals surface area contributed by atoms with Crippen molar-refractivity contribution in [3.05, 3.63) is 0 Å². The van der Waals surface area contributed by atoms with Crippen LogP contribution in [0.15, 0.2) is 0 Å². The predicted molar refractivity (Wildman–Crippen MR) is 79.2 cm³/mol. The van der Waals surface area contributed by atoms with Gasteiger partial charge in [-0.25, -0.2) is 0 Å². The SMILES string of the molecule is CCC(CC)(CN)C(=O)N(C)CC(=O)NCCCOC. The van der Waals surface area contributed by atoms with E-state index in [1.807, 2.05) is 13.8 Å². The number of nitrogens with two attached hydrogens (primary N) is 1. The van der Waals surface area contributed by atoms with Crippen LogP contribution in [-0.4, -0.2) is 57.1 Å². The summed E-state index contributed by atoms with van der Waals surface area (Å²) in [6.07, 6.45) is 2.12. The molecule has 0 saturated heterocycles. The van der Waals surface area contributed by atoms with E-state index in [-0.39, 0.29) is 18.4 Å². The third-order valence-electron chi connectivity index (χ3n) is 3.77. The van der Waals surface area contributed by atoms with Crippen molar-refractivity contribution in [3.63, 3.8) is 0 Å². The zero-order chi connectivity index (χ0) is 15.6. The van der Waals surface area contributed by atoms with E-state index in [1.165, 1.54) is 4.90 Å². The van der Waals surface area contributed by atoms with E-state index in [2.05, 4.69) is 5.32 Å². The van der Waals surface area contributed by atoms with E-state index in [1.54, 1.807) is 14.2 Å². The van der Waals surface area contributed by atoms with Crippen LogP contribution in [-0.2, 0) is 14.3 Å². The van der Waals surface area contributed by atoms with Crippen molar-refractivity contribution in [1.82, 2.24) is 10.2 Å². The fourth-order valence-corrected chi connectivity index (χ4v) is 2.12. The third-order valence-corrected chi connectivity index (χ3v) is 3.77. The minimum atomic E-state index is -0.551. The largest absolute Gasteiger partial charge is 0.385 e. The van der Waals surface area contributed by atoms with Gasteiger partial charge in [0.15, 0.2) is 0 Å². The van der Waals surface area contributed by atoms with Crippen molar-refractivity contribution in [3.8, 4) is 0 Å². The Morgan fingerprint density at radius 2 is 1.90 bits per heavy atom. The second kappa shape index (κ2) is 9.72. The lowest BCUT2D eigenvalue weighted by Gasteiger charge is -2.33. The van der Waals surface area contributed by atoms with Crippen molar-refractivity contribution >= 4 is 11.8 Å². The number of carbonyl (C=O) groups excluding carboxylic acids is 2. The van der Waals surface area contributed by atoms with Gasteiger partial charge >= 0.3 is 0 Å². The molecule has 0 aromatic heterocycles. The maximum Gasteiger partial charge on any atom is 0.239 e. The molecule has 6 heteroatoms. The zero-order valence-electron chi connectivity index (χ0n) is 13.2. The number of ether oxygens (including phenoxy) is 1. The molecule has 20 heavy (non-hydrogen) atoms. The minimum Gasteiger partial charge on any atom is -0.385 e. The molecule has 0 atom stereocenters. The first-order valence-electron chi connectivity index (χ1n) is 7.18. The van der Waals surface area contributed by atoms with E-state index in [0.717, 1.165) is 6.42 Å². The fourth-order valence-electron chi connectivity index (χ4n) is 2.12. The molecular weight excluding hydrogens is 258 g/mol. The average Bonchev–Trinajstić information content (AvgIpc) is 2.45. The van der Waals surface area contributed by atoms with Gasteiger partial charge in [0.05, 0.1) is 12.0 Å². The molecule has 0 aliphatic carbocycles. The Bertz CT molecular complexity index is 296. The molecule has 0 fully saturated rings. The van der Waals surface area contributed by atoms with Crippen molar-refractivity contribution in [1.29, 1.82) is 0 Å². The van der Waals surface area contributed by atoms with Crippen LogP contribution >= 0.6 is 0 Å². The molecule has 0 radical (unpaired) electrons. The van der Waals surface area contributed by atoms with E-state index in [0.29, 0.717) is 32.5 Å². The van der Waals surface area contributed by atoms with Crippen LogP contribution < -0.4 is 11.1 Å². The van der Waals surface area contributed by atoms with E-state index in [4.69, 9.17) is 10.5 Å². The molecule has 0 rings (SSSR count). The number of hydrogen-bond donors (Lipinski definition) is 2. The van der Waals surface area contributed by atoms with Gasteiger partial charge in [-0.1, -0.05) is 13.8 Å². The molecule has 0 aliphatic rings. The van der Waals surface area contributed by atoms with Crippen LogP contribution in [0.4, 0.5) is 0 Å². The maximum atomic E-state index is 12.4. The highest BCUT2D eigenvalue weighted by Gasteiger charge is 2.35. The van der Waals surface area contributed by atoms with Gasteiger partial charge in [-0.2, -0.15) is 0 Å². The Morgan fingerprint density at radius 3 is 2.35 bits per heavy atom. The highest BCUT2D eigenvalue weighted by atomic mass is 16.5. The summed E-state index contributed by atoms with van der Waals surface area (Å²) in [6.45, 7) is 5.43. The van der Waals surface area contributed by atoms with Crippen molar-refractivity contribution in [2.75, 3.05) is 40.4 Å². The first-order valence-corrected chi connectivity index (χ1v) is 7.18. The Balaban J connectivity index is 4.34. The van der Waals surface area contributed by atoms with Gasteiger partial charge in [-0.3, -0.25) is 9.59 Å². The van der Waals surface area contributed by atoms with Gasteiger partial charge in [0.25, 0.3) is 0 Å². The molecule has 3 N–H and O–H groups in total. The van der Waals surface area contributed by atoms with Gasteiger partial charge in [0, 0.05) is 33.9 Å². The smallest absolute Gasteiger partial charge is 0.239 e. The second-order valence-electron chi connectivity index (χ2n) is 5.05. The zero-order valence-corrected chi connectivity index (χ0v) is 13.2. The van der Waals surface area contributed by atoms with Gasteiger partial charge in [0.2, 0.25) is 11.8 Å². The van der Waals surface area contributed by atoms with Crippen molar-refractivity contribution < 1.29 is 14.3 Å². The molecule has 6 nitrogen and oxygen atoms in total. The lowest BCUT2D eigenvalue weighted by atomic mass is 9.81. The van der Waals surface area contributed by atoms with E-state index < -0.39 is 5.41 Å². The number of rotatable bonds is 10. The number of nitrogens with one attached hydrogen (secondary N) is 1. The monoisotopic (exact) mass is 287 g/mol. The Hall–Kier alpha value is -1.14. The van der Waals surface area contributed by atoms with Gasteiger partial charge in [-0.05, 0) is 19.3 Å². The molecule has 0 heterocycles. The Morgan fingerprint density at radius 1 is 1.30 bits per heavy atom. The summed E-state index contributed by atoms with van der Waals surface area (Å²) >= 11 is 0. The van der Waals surface area contributed by atoms with Gasteiger partial charge < -0.3 is 20.7 Å². The summed E-state index contributed by atoms with van der Waals surface area (Å²) in [5.41, 5.74) is 5.20. The van der Waals surface area contributed by atoms with Crippen LogP contribution in [0, 0.1) is 5.41 Å². The first kappa shape index (κ1) is 18.9. The van der Waals surface area contributed by atoms with E-state index >= 15 is 0 Å². The van der Waals surface area contributed by atoms with Crippen LogP contribution in [0.1, 0.15) is 33.1 Å². The van der Waals surface area contributed by atoms with Crippen LogP contribution in [0.2, 0.25) is 0 Å². The standard InChI is InChI=1S/C14H29N3O3/c1-5-14(6-2,11-15)13(19)17(3)10-12(18)16-8-7-9-20-4/h5-11,15H2,1-4H3,(H,16,18). The molecule has 0 bridgehead atoms. The third kappa shape index (κ3) is 5.46. The molecular formula is C14H29N3O3. The van der Waals surface area contributed by atoms with E-state index in [9.17, 15) is 9.59 Å². The van der Waals surface area contributed by atoms with Gasteiger partial charge in [0.1, 0.15) is 0 Å². The topological polar surface area (TPSA) is 84.7 Å². The Labute approximate surface area is 122 Å². The molecule has 0 aromatic rings. The van der Waals surface area contributed by atoms with Crippen LogP contribution in [0.5, 0.6) is 0 Å². The normalized spacial score (nSPS) is 11.2. The van der Waals surface area contributed by atoms with Crippen molar-refractivity contribution in [2.24, 2.45) is 11.1 Å². The highest BCUT2D eigenvalue weighted by Crippen LogP contribution is 2.27. The fraction of sp³-hybridized carbons (Fsp3) is 0.857. The molecule has 0 aliphatic heterocycles. The number of hydrogen-bond acceptors (Lipinski definition) is 4.